The van der Waals surface area contributed by atoms with E-state index in [1.165, 1.54) is 12.1 Å². The first kappa shape index (κ1) is 19.6. The quantitative estimate of drug-likeness (QED) is 0.703. The van der Waals surface area contributed by atoms with Gasteiger partial charge in [0, 0.05) is 13.1 Å². The second-order valence-electron chi connectivity index (χ2n) is 7.14. The summed E-state index contributed by atoms with van der Waals surface area (Å²) in [7, 11) is 0. The fourth-order valence-corrected chi connectivity index (χ4v) is 3.56. The number of para-hydroxylation sites is 1. The molecule has 2 aromatic rings. The normalized spacial score (nSPS) is 18.2. The second kappa shape index (κ2) is 8.36. The summed E-state index contributed by atoms with van der Waals surface area (Å²) in [6.07, 6.45) is 1.12. The molecule has 2 aromatic carbocycles. The van der Waals surface area contributed by atoms with Crippen LogP contribution in [0.3, 0.4) is 0 Å². The lowest BCUT2D eigenvalue weighted by molar-refractivity contribution is -0.176. The van der Waals surface area contributed by atoms with Gasteiger partial charge in [0.25, 0.3) is 17.7 Å². The molecule has 1 fully saturated rings. The summed E-state index contributed by atoms with van der Waals surface area (Å²) >= 11 is 0. The van der Waals surface area contributed by atoms with E-state index in [-0.39, 0.29) is 30.2 Å². The van der Waals surface area contributed by atoms with E-state index in [0.29, 0.717) is 30.2 Å². The fraction of sp³-hybridized carbons (Fsp3) is 0.273. The fourth-order valence-electron chi connectivity index (χ4n) is 3.56. The van der Waals surface area contributed by atoms with Crippen molar-refractivity contribution in [1.82, 2.24) is 9.96 Å². The molecule has 2 aliphatic rings. The Hall–Kier alpha value is -3.68. The van der Waals surface area contributed by atoms with Gasteiger partial charge in [-0.05, 0) is 37.1 Å². The highest BCUT2D eigenvalue weighted by Gasteiger charge is 2.40. The molecule has 0 spiro atoms. The number of likely N-dealkylation sites (tertiary alicyclic amines) is 1. The van der Waals surface area contributed by atoms with Gasteiger partial charge in [-0.1, -0.05) is 35.4 Å². The number of piperidine rings is 1. The molecule has 8 heteroatoms. The van der Waals surface area contributed by atoms with E-state index in [9.17, 15) is 19.2 Å². The predicted molar refractivity (Wildman–Crippen MR) is 104 cm³/mol. The number of fused-ring (bicyclic) bond motifs is 1. The number of hydrogen-bond donors (Lipinski definition) is 0. The maximum absolute atomic E-state index is 12.6. The van der Waals surface area contributed by atoms with E-state index in [4.69, 9.17) is 9.57 Å². The molecule has 154 valence electrons. The van der Waals surface area contributed by atoms with Gasteiger partial charge in [-0.2, -0.15) is 0 Å². The zero-order valence-corrected chi connectivity index (χ0v) is 16.2. The monoisotopic (exact) mass is 408 g/mol. The molecule has 0 bridgehead atoms. The Labute approximate surface area is 172 Å². The third-order valence-corrected chi connectivity index (χ3v) is 5.15. The summed E-state index contributed by atoms with van der Waals surface area (Å²) < 4.78 is 5.48. The van der Waals surface area contributed by atoms with Crippen molar-refractivity contribution in [2.45, 2.75) is 12.8 Å². The minimum atomic E-state index is -0.703. The molecule has 4 rings (SSSR count). The zero-order chi connectivity index (χ0) is 21.1. The lowest BCUT2D eigenvalue weighted by atomic mass is 9.98. The Bertz CT molecular complexity index is 955. The Morgan fingerprint density at radius 3 is 2.23 bits per heavy atom. The highest BCUT2D eigenvalue weighted by atomic mass is 16.7. The Kier molecular flexibility index (Phi) is 5.47. The second-order valence-corrected chi connectivity index (χ2v) is 7.14. The SMILES string of the molecule is O=C(ON1C(=O)c2ccccc2C1=O)C1CCCN(C(=O)COc2ccccc2)C1. The molecular formula is C22H20N2O6. The summed E-state index contributed by atoms with van der Waals surface area (Å²) in [5.41, 5.74) is 0.405. The molecule has 3 amide bonds. The summed E-state index contributed by atoms with van der Waals surface area (Å²) in [5, 5.41) is 0.506. The average Bonchev–Trinajstić information content (AvgIpc) is 3.03. The van der Waals surface area contributed by atoms with Gasteiger partial charge in [0.05, 0.1) is 17.0 Å². The summed E-state index contributed by atoms with van der Waals surface area (Å²) in [5.74, 6) is -2.30. The molecule has 0 radical (unpaired) electrons. The lowest BCUT2D eigenvalue weighted by Crippen LogP contribution is -2.46. The molecule has 1 atom stereocenters. The van der Waals surface area contributed by atoms with Crippen LogP contribution < -0.4 is 4.74 Å². The Morgan fingerprint density at radius 1 is 0.933 bits per heavy atom. The number of rotatable bonds is 5. The lowest BCUT2D eigenvalue weighted by Gasteiger charge is -2.31. The minimum absolute atomic E-state index is 0.135. The number of hydroxylamine groups is 2. The summed E-state index contributed by atoms with van der Waals surface area (Å²) in [6, 6.07) is 15.3. The van der Waals surface area contributed by atoms with Gasteiger partial charge in [0.15, 0.2) is 6.61 Å². The van der Waals surface area contributed by atoms with Crippen LogP contribution in [0.5, 0.6) is 5.75 Å². The van der Waals surface area contributed by atoms with E-state index in [0.717, 1.165) is 0 Å². The first-order valence-corrected chi connectivity index (χ1v) is 9.70. The first-order valence-electron chi connectivity index (χ1n) is 9.70. The van der Waals surface area contributed by atoms with Crippen molar-refractivity contribution in [3.05, 3.63) is 65.7 Å². The molecule has 0 N–H and O–H groups in total. The molecule has 2 aliphatic heterocycles. The smallest absolute Gasteiger partial charge is 0.338 e. The molecule has 2 heterocycles. The molecule has 8 nitrogen and oxygen atoms in total. The number of amides is 3. The topological polar surface area (TPSA) is 93.2 Å². The third kappa shape index (κ3) is 3.89. The van der Waals surface area contributed by atoms with Gasteiger partial charge in [-0.3, -0.25) is 14.4 Å². The number of carbonyl (C=O) groups is 4. The van der Waals surface area contributed by atoms with Crippen molar-refractivity contribution in [3.63, 3.8) is 0 Å². The van der Waals surface area contributed by atoms with Crippen molar-refractivity contribution in [2.24, 2.45) is 5.92 Å². The molecule has 0 aromatic heterocycles. The van der Waals surface area contributed by atoms with Crippen LogP contribution in [0.15, 0.2) is 54.6 Å². The summed E-state index contributed by atoms with van der Waals surface area (Å²) in [4.78, 5) is 56.5. The number of hydrogen-bond acceptors (Lipinski definition) is 6. The molecular weight excluding hydrogens is 388 g/mol. The Morgan fingerprint density at radius 2 is 1.57 bits per heavy atom. The average molecular weight is 408 g/mol. The van der Waals surface area contributed by atoms with Crippen molar-refractivity contribution in [3.8, 4) is 5.75 Å². The van der Waals surface area contributed by atoms with Crippen molar-refractivity contribution >= 4 is 23.7 Å². The van der Waals surface area contributed by atoms with E-state index in [1.54, 1.807) is 29.2 Å². The highest BCUT2D eigenvalue weighted by molar-refractivity contribution is 6.20. The van der Waals surface area contributed by atoms with Gasteiger partial charge in [-0.15, -0.1) is 0 Å². The van der Waals surface area contributed by atoms with Gasteiger partial charge < -0.3 is 14.5 Å². The van der Waals surface area contributed by atoms with E-state index in [1.807, 2.05) is 18.2 Å². The first-order chi connectivity index (χ1) is 14.5. The van der Waals surface area contributed by atoms with Crippen LogP contribution >= 0.6 is 0 Å². The van der Waals surface area contributed by atoms with Crippen LogP contribution in [-0.4, -0.2) is 53.4 Å². The molecule has 1 unspecified atom stereocenters. The van der Waals surface area contributed by atoms with Crippen LogP contribution in [0.4, 0.5) is 0 Å². The highest BCUT2D eigenvalue weighted by Crippen LogP contribution is 2.25. The standard InChI is InChI=1S/C22H20N2O6/c25-19(14-29-16-8-2-1-3-9-16)23-12-6-7-15(13-23)22(28)30-24-20(26)17-10-4-5-11-18(17)21(24)27/h1-5,8-11,15H,6-7,12-14H2. The number of carbonyl (C=O) groups excluding carboxylic acids is 4. The van der Waals surface area contributed by atoms with Crippen molar-refractivity contribution in [1.29, 1.82) is 0 Å². The number of benzene rings is 2. The van der Waals surface area contributed by atoms with Crippen molar-refractivity contribution < 1.29 is 28.8 Å². The minimum Gasteiger partial charge on any atom is -0.484 e. The van der Waals surface area contributed by atoms with E-state index >= 15 is 0 Å². The van der Waals surface area contributed by atoms with Gasteiger partial charge in [-0.25, -0.2) is 4.79 Å². The van der Waals surface area contributed by atoms with E-state index < -0.39 is 23.7 Å². The van der Waals surface area contributed by atoms with Crippen LogP contribution in [0, 0.1) is 5.92 Å². The van der Waals surface area contributed by atoms with Crippen molar-refractivity contribution in [2.75, 3.05) is 19.7 Å². The molecule has 1 saturated heterocycles. The van der Waals surface area contributed by atoms with Crippen LogP contribution in [0.25, 0.3) is 0 Å². The third-order valence-electron chi connectivity index (χ3n) is 5.15. The predicted octanol–water partition coefficient (Wildman–Crippen LogP) is 2.06. The largest absolute Gasteiger partial charge is 0.484 e. The van der Waals surface area contributed by atoms with Crippen LogP contribution in [0.1, 0.15) is 33.6 Å². The molecule has 0 saturated carbocycles. The van der Waals surface area contributed by atoms with Gasteiger partial charge >= 0.3 is 5.97 Å². The van der Waals surface area contributed by atoms with Gasteiger partial charge in [0.1, 0.15) is 5.75 Å². The zero-order valence-electron chi connectivity index (χ0n) is 16.2. The Balaban J connectivity index is 1.34. The maximum Gasteiger partial charge on any atom is 0.338 e. The number of imide groups is 1. The molecule has 0 aliphatic carbocycles. The van der Waals surface area contributed by atoms with E-state index in [2.05, 4.69) is 0 Å². The van der Waals surface area contributed by atoms with Crippen LogP contribution in [0.2, 0.25) is 0 Å². The van der Waals surface area contributed by atoms with Crippen LogP contribution in [-0.2, 0) is 14.4 Å². The number of ether oxygens (including phenoxy) is 1. The molecule has 30 heavy (non-hydrogen) atoms. The summed E-state index contributed by atoms with van der Waals surface area (Å²) in [6.45, 7) is 0.525. The number of nitrogens with zero attached hydrogens (tertiary/aromatic N) is 2. The van der Waals surface area contributed by atoms with Gasteiger partial charge in [0.2, 0.25) is 0 Å². The maximum atomic E-state index is 12.6.